The van der Waals surface area contributed by atoms with Crippen molar-refractivity contribution in [3.63, 3.8) is 0 Å². The van der Waals surface area contributed by atoms with E-state index in [0.29, 0.717) is 0 Å². The summed E-state index contributed by atoms with van der Waals surface area (Å²) in [6, 6.07) is 9.14. The highest BCUT2D eigenvalue weighted by molar-refractivity contribution is 8.02. The molecule has 1 rings (SSSR count). The van der Waals surface area contributed by atoms with Crippen LogP contribution in [-0.4, -0.2) is 11.5 Å². The number of thioether (sulfide) groups is 2. The Balaban J connectivity index is 1.92. The summed E-state index contributed by atoms with van der Waals surface area (Å²) in [7, 11) is 0. The van der Waals surface area contributed by atoms with E-state index in [4.69, 9.17) is 0 Å². The molecule has 1 aromatic carbocycles. The first-order valence-electron chi connectivity index (χ1n) is 17.2. The molecule has 0 fully saturated rings. The number of benzene rings is 1. The molecule has 0 aliphatic heterocycles. The van der Waals surface area contributed by atoms with Gasteiger partial charge in [0.2, 0.25) is 0 Å². The lowest BCUT2D eigenvalue weighted by Gasteiger charge is -2.09. The van der Waals surface area contributed by atoms with Gasteiger partial charge in [0.25, 0.3) is 0 Å². The van der Waals surface area contributed by atoms with E-state index in [-0.39, 0.29) is 0 Å². The van der Waals surface area contributed by atoms with Crippen molar-refractivity contribution < 1.29 is 0 Å². The predicted octanol–water partition coefficient (Wildman–Crippen LogP) is 14.1. The Bertz CT molecular complexity index is 533. The summed E-state index contributed by atoms with van der Waals surface area (Å²) in [5, 5.41) is 0. The van der Waals surface area contributed by atoms with Gasteiger partial charge in [-0.1, -0.05) is 180 Å². The van der Waals surface area contributed by atoms with Gasteiger partial charge >= 0.3 is 0 Å². The highest BCUT2D eigenvalue weighted by Crippen LogP contribution is 2.32. The summed E-state index contributed by atoms with van der Waals surface area (Å²) in [4.78, 5) is 3.04. The second-order valence-corrected chi connectivity index (χ2v) is 13.9. The third kappa shape index (κ3) is 23.8. The van der Waals surface area contributed by atoms with Crippen LogP contribution in [-0.2, 0) is 0 Å². The maximum Gasteiger partial charge on any atom is 0.0208 e. The molecule has 0 N–H and O–H groups in total. The number of unbranched alkanes of at least 4 members (excludes halogenated alkanes) is 24. The van der Waals surface area contributed by atoms with E-state index in [1.165, 1.54) is 188 Å². The molecule has 0 radical (unpaired) electrons. The Labute approximate surface area is 249 Å². The quantitative estimate of drug-likeness (QED) is 0.0675. The van der Waals surface area contributed by atoms with Crippen molar-refractivity contribution >= 4 is 23.5 Å². The summed E-state index contributed by atoms with van der Waals surface area (Å²) in [5.74, 6) is 2.57. The Kier molecular flexibility index (Phi) is 28.3. The van der Waals surface area contributed by atoms with Crippen LogP contribution in [0.25, 0.3) is 0 Å². The summed E-state index contributed by atoms with van der Waals surface area (Å²) < 4.78 is 0. The molecule has 2 heteroatoms. The largest absolute Gasteiger partial charge is 0.125 e. The van der Waals surface area contributed by atoms with Gasteiger partial charge in [-0.25, -0.2) is 0 Å². The molecule has 222 valence electrons. The molecule has 0 amide bonds. The number of rotatable bonds is 30. The molecule has 0 unspecified atom stereocenters. The third-order valence-electron chi connectivity index (χ3n) is 7.86. The molecule has 0 nitrogen and oxygen atoms in total. The molecule has 0 aromatic heterocycles. The lowest BCUT2D eigenvalue weighted by Crippen LogP contribution is -1.87. The van der Waals surface area contributed by atoms with Crippen LogP contribution in [0.2, 0.25) is 0 Å². The van der Waals surface area contributed by atoms with Crippen LogP contribution in [0.3, 0.4) is 0 Å². The fourth-order valence-corrected chi connectivity index (χ4v) is 7.55. The minimum absolute atomic E-state index is 1.29. The molecule has 0 heterocycles. The summed E-state index contributed by atoms with van der Waals surface area (Å²) in [5.41, 5.74) is 0. The van der Waals surface area contributed by atoms with E-state index in [0.717, 1.165) is 0 Å². The molecule has 0 atom stereocenters. The van der Waals surface area contributed by atoms with Gasteiger partial charge in [-0.05, 0) is 36.5 Å². The summed E-state index contributed by atoms with van der Waals surface area (Å²) in [6.07, 6.45) is 37.4. The van der Waals surface area contributed by atoms with Crippen molar-refractivity contribution in [2.45, 2.75) is 191 Å². The molecule has 0 bridgehead atoms. The van der Waals surface area contributed by atoms with Gasteiger partial charge in [0.1, 0.15) is 0 Å². The predicted molar refractivity (Wildman–Crippen MR) is 179 cm³/mol. The van der Waals surface area contributed by atoms with Gasteiger partial charge in [0.05, 0.1) is 0 Å². The minimum atomic E-state index is 1.29. The standard InChI is InChI=1S/C36H66S2/c1-3-5-7-9-11-13-15-17-19-21-23-25-29-33-37-35-31-27-28-32-36(35)38-34-30-26-24-22-20-18-16-14-12-10-8-6-4-2/h27-28,31-32H,3-26,29-30,33-34H2,1-2H3. The van der Waals surface area contributed by atoms with Gasteiger partial charge in [0.15, 0.2) is 0 Å². The van der Waals surface area contributed by atoms with Crippen molar-refractivity contribution in [1.82, 2.24) is 0 Å². The molecule has 0 saturated carbocycles. The van der Waals surface area contributed by atoms with Gasteiger partial charge in [-0.3, -0.25) is 0 Å². The van der Waals surface area contributed by atoms with E-state index in [1.54, 1.807) is 0 Å². The van der Waals surface area contributed by atoms with Crippen molar-refractivity contribution in [2.75, 3.05) is 11.5 Å². The van der Waals surface area contributed by atoms with E-state index >= 15 is 0 Å². The van der Waals surface area contributed by atoms with E-state index in [1.807, 2.05) is 0 Å². The fourth-order valence-electron chi connectivity index (χ4n) is 5.29. The highest BCUT2D eigenvalue weighted by Gasteiger charge is 2.04. The van der Waals surface area contributed by atoms with Crippen LogP contribution in [0.1, 0.15) is 181 Å². The Hall–Kier alpha value is -0.0800. The molecule has 0 saturated heterocycles. The highest BCUT2D eigenvalue weighted by atomic mass is 32.2. The monoisotopic (exact) mass is 562 g/mol. The second kappa shape index (κ2) is 29.9. The van der Waals surface area contributed by atoms with Gasteiger partial charge in [-0.2, -0.15) is 0 Å². The maximum atomic E-state index is 2.35. The normalized spacial score (nSPS) is 11.4. The van der Waals surface area contributed by atoms with E-state index in [9.17, 15) is 0 Å². The summed E-state index contributed by atoms with van der Waals surface area (Å²) >= 11 is 4.19. The van der Waals surface area contributed by atoms with Gasteiger partial charge in [0, 0.05) is 9.79 Å². The Morgan fingerprint density at radius 1 is 0.342 bits per heavy atom. The van der Waals surface area contributed by atoms with Crippen molar-refractivity contribution in [3.05, 3.63) is 24.3 Å². The number of hydrogen-bond acceptors (Lipinski definition) is 2. The van der Waals surface area contributed by atoms with Crippen LogP contribution in [0.4, 0.5) is 0 Å². The molecule has 38 heavy (non-hydrogen) atoms. The Morgan fingerprint density at radius 3 is 0.842 bits per heavy atom. The van der Waals surface area contributed by atoms with Gasteiger partial charge < -0.3 is 0 Å². The van der Waals surface area contributed by atoms with Crippen molar-refractivity contribution in [1.29, 1.82) is 0 Å². The van der Waals surface area contributed by atoms with Crippen LogP contribution in [0, 0.1) is 0 Å². The lowest BCUT2D eigenvalue weighted by atomic mass is 10.1. The SMILES string of the molecule is CCCCCCCCCCCCCCCSc1ccccc1SCCCCCCCCCCCCCCC. The van der Waals surface area contributed by atoms with E-state index in [2.05, 4.69) is 61.6 Å². The van der Waals surface area contributed by atoms with E-state index < -0.39 is 0 Å². The third-order valence-corrected chi connectivity index (χ3v) is 10.3. The van der Waals surface area contributed by atoms with Crippen LogP contribution >= 0.6 is 23.5 Å². The number of hydrogen-bond donors (Lipinski definition) is 0. The molecule has 0 aliphatic rings. The van der Waals surface area contributed by atoms with Crippen molar-refractivity contribution in [2.24, 2.45) is 0 Å². The molecule has 0 aliphatic carbocycles. The zero-order valence-corrected chi connectivity index (χ0v) is 27.6. The second-order valence-electron chi connectivity index (χ2n) is 11.6. The zero-order valence-electron chi connectivity index (χ0n) is 25.9. The van der Waals surface area contributed by atoms with Gasteiger partial charge in [-0.15, -0.1) is 23.5 Å². The first kappa shape index (κ1) is 35.9. The average molecular weight is 563 g/mol. The molecule has 1 aromatic rings. The van der Waals surface area contributed by atoms with Crippen molar-refractivity contribution in [3.8, 4) is 0 Å². The van der Waals surface area contributed by atoms with Crippen LogP contribution in [0.5, 0.6) is 0 Å². The molecular weight excluding hydrogens is 497 g/mol. The minimum Gasteiger partial charge on any atom is -0.125 e. The lowest BCUT2D eigenvalue weighted by molar-refractivity contribution is 0.543. The average Bonchev–Trinajstić information content (AvgIpc) is 2.94. The molecule has 0 spiro atoms. The maximum absolute atomic E-state index is 2.35. The van der Waals surface area contributed by atoms with Crippen LogP contribution in [0.15, 0.2) is 34.1 Å². The topological polar surface area (TPSA) is 0 Å². The first-order valence-corrected chi connectivity index (χ1v) is 19.2. The fraction of sp³-hybridized carbons (Fsp3) is 0.833. The van der Waals surface area contributed by atoms with Crippen LogP contribution < -0.4 is 0 Å². The Morgan fingerprint density at radius 2 is 0.579 bits per heavy atom. The smallest absolute Gasteiger partial charge is 0.0208 e. The first-order chi connectivity index (χ1) is 18.9. The zero-order chi connectivity index (χ0) is 27.2. The molecular formula is C36H66S2. The summed E-state index contributed by atoms with van der Waals surface area (Å²) in [6.45, 7) is 4.61.